The quantitative estimate of drug-likeness (QED) is 0.788. The van der Waals surface area contributed by atoms with Gasteiger partial charge in [0, 0.05) is 5.56 Å². The number of rotatable bonds is 6. The zero-order chi connectivity index (χ0) is 18.4. The lowest BCUT2D eigenvalue weighted by Crippen LogP contribution is -2.10. The zero-order valence-electron chi connectivity index (χ0n) is 13.7. The zero-order valence-corrected chi connectivity index (χ0v) is 14.5. The highest BCUT2D eigenvalue weighted by molar-refractivity contribution is 7.18. The fraction of sp³-hybridized carbons (Fsp3) is 0.235. The average Bonchev–Trinajstić information content (AvgIpc) is 2.95. The molecular formula is C17H16N2O5S. The van der Waals surface area contributed by atoms with Crippen LogP contribution >= 0.6 is 11.3 Å². The second-order valence-corrected chi connectivity index (χ2v) is 5.81. The van der Waals surface area contributed by atoms with Gasteiger partial charge in [0.15, 0.2) is 0 Å². The maximum atomic E-state index is 12.3. The molecule has 0 saturated heterocycles. The van der Waals surface area contributed by atoms with E-state index in [0.29, 0.717) is 5.75 Å². The number of nitrogens with zero attached hydrogens (tertiary/aromatic N) is 1. The van der Waals surface area contributed by atoms with Crippen molar-refractivity contribution in [1.29, 1.82) is 5.26 Å². The predicted octanol–water partition coefficient (Wildman–Crippen LogP) is 2.74. The first kappa shape index (κ1) is 18.3. The van der Waals surface area contributed by atoms with Gasteiger partial charge in [-0.15, -0.1) is 11.3 Å². The topological polar surface area (TPSA) is 112 Å². The summed E-state index contributed by atoms with van der Waals surface area (Å²) >= 11 is 0.933. The number of carbonyl (C=O) groups is 2. The van der Waals surface area contributed by atoms with E-state index in [1.54, 1.807) is 31.2 Å². The van der Waals surface area contributed by atoms with Crippen molar-refractivity contribution in [3.05, 3.63) is 45.8 Å². The number of esters is 2. The molecule has 130 valence electrons. The number of hydrogen-bond donors (Lipinski definition) is 1. The molecule has 0 unspecified atom stereocenters. The second kappa shape index (κ2) is 8.17. The Labute approximate surface area is 148 Å². The van der Waals surface area contributed by atoms with Gasteiger partial charge < -0.3 is 19.9 Å². The minimum absolute atomic E-state index is 0.112. The number of nitrogen functional groups attached to an aromatic ring is 1. The van der Waals surface area contributed by atoms with Crippen molar-refractivity contribution < 1.29 is 23.8 Å². The molecule has 1 heterocycles. The Morgan fingerprint density at radius 1 is 1.24 bits per heavy atom. The Morgan fingerprint density at radius 2 is 1.96 bits per heavy atom. The Morgan fingerprint density at radius 3 is 2.60 bits per heavy atom. The summed E-state index contributed by atoms with van der Waals surface area (Å²) in [4.78, 5) is 24.5. The Hall–Kier alpha value is -3.05. The summed E-state index contributed by atoms with van der Waals surface area (Å²) in [5.41, 5.74) is 6.37. The van der Waals surface area contributed by atoms with E-state index in [1.165, 1.54) is 7.11 Å². The molecule has 1 aromatic carbocycles. The predicted molar refractivity (Wildman–Crippen MR) is 91.5 cm³/mol. The molecule has 1 aromatic heterocycles. The summed E-state index contributed by atoms with van der Waals surface area (Å²) in [6.07, 6.45) is 0. The van der Waals surface area contributed by atoms with Crippen LogP contribution in [0.5, 0.6) is 5.75 Å². The van der Waals surface area contributed by atoms with Crippen molar-refractivity contribution in [2.24, 2.45) is 0 Å². The van der Waals surface area contributed by atoms with Crippen LogP contribution in [0.15, 0.2) is 24.3 Å². The standard InChI is InChI=1S/C17H16N2O5S/c1-3-23-17(21)14-12(11(8-18)15(19)25-14)9-24-16(20)10-6-4-5-7-13(10)22-2/h4-7H,3,9,19H2,1-2H3. The maximum Gasteiger partial charge on any atom is 0.348 e. The average molecular weight is 360 g/mol. The number of anilines is 1. The molecule has 2 rings (SSSR count). The van der Waals surface area contributed by atoms with E-state index in [9.17, 15) is 14.9 Å². The Kier molecular flexibility index (Phi) is 5.98. The van der Waals surface area contributed by atoms with Crippen LogP contribution in [0.25, 0.3) is 0 Å². The van der Waals surface area contributed by atoms with Gasteiger partial charge in [-0.2, -0.15) is 5.26 Å². The van der Waals surface area contributed by atoms with E-state index in [0.717, 1.165) is 11.3 Å². The van der Waals surface area contributed by atoms with Crippen LogP contribution in [0, 0.1) is 11.3 Å². The summed E-state index contributed by atoms with van der Waals surface area (Å²) in [6.45, 7) is 1.57. The fourth-order valence-electron chi connectivity index (χ4n) is 2.14. The van der Waals surface area contributed by atoms with E-state index in [1.807, 2.05) is 6.07 Å². The lowest BCUT2D eigenvalue weighted by Gasteiger charge is -2.09. The number of hydrogen-bond acceptors (Lipinski definition) is 8. The molecule has 0 radical (unpaired) electrons. The molecule has 25 heavy (non-hydrogen) atoms. The fourth-order valence-corrected chi connectivity index (χ4v) is 3.05. The largest absolute Gasteiger partial charge is 0.496 e. The summed E-state index contributed by atoms with van der Waals surface area (Å²) < 4.78 is 15.3. The van der Waals surface area contributed by atoms with Gasteiger partial charge in [0.1, 0.15) is 33.9 Å². The van der Waals surface area contributed by atoms with Crippen molar-refractivity contribution in [3.63, 3.8) is 0 Å². The van der Waals surface area contributed by atoms with Crippen LogP contribution in [-0.2, 0) is 16.1 Å². The third-order valence-corrected chi connectivity index (χ3v) is 4.32. The van der Waals surface area contributed by atoms with E-state index < -0.39 is 11.9 Å². The van der Waals surface area contributed by atoms with Gasteiger partial charge in [0.05, 0.1) is 19.3 Å². The van der Waals surface area contributed by atoms with Gasteiger partial charge in [-0.3, -0.25) is 0 Å². The van der Waals surface area contributed by atoms with Crippen LogP contribution < -0.4 is 10.5 Å². The maximum absolute atomic E-state index is 12.3. The van der Waals surface area contributed by atoms with Crippen molar-refractivity contribution in [2.45, 2.75) is 13.5 Å². The summed E-state index contributed by atoms with van der Waals surface area (Å²) in [5, 5.41) is 9.43. The van der Waals surface area contributed by atoms with Crippen molar-refractivity contribution >= 4 is 28.3 Å². The first-order valence-corrected chi connectivity index (χ1v) is 8.13. The van der Waals surface area contributed by atoms with Crippen LogP contribution in [0.1, 0.15) is 38.1 Å². The number of benzene rings is 1. The minimum Gasteiger partial charge on any atom is -0.496 e. The van der Waals surface area contributed by atoms with Gasteiger partial charge in [0.2, 0.25) is 0 Å². The molecule has 0 aliphatic heterocycles. The van der Waals surface area contributed by atoms with E-state index in [-0.39, 0.29) is 39.8 Å². The number of carbonyl (C=O) groups excluding carboxylic acids is 2. The number of para-hydroxylation sites is 1. The summed E-state index contributed by atoms with van der Waals surface area (Å²) in [6, 6.07) is 8.51. The molecule has 0 bridgehead atoms. The molecule has 7 nitrogen and oxygen atoms in total. The molecule has 0 saturated carbocycles. The van der Waals surface area contributed by atoms with Gasteiger partial charge in [-0.05, 0) is 19.1 Å². The molecule has 2 aromatic rings. The molecule has 0 aliphatic carbocycles. The number of ether oxygens (including phenoxy) is 3. The lowest BCUT2D eigenvalue weighted by atomic mass is 10.1. The van der Waals surface area contributed by atoms with Gasteiger partial charge >= 0.3 is 11.9 Å². The monoisotopic (exact) mass is 360 g/mol. The first-order chi connectivity index (χ1) is 12.0. The van der Waals surface area contributed by atoms with Crippen LogP contribution in [0.4, 0.5) is 5.00 Å². The molecule has 0 amide bonds. The van der Waals surface area contributed by atoms with E-state index in [4.69, 9.17) is 19.9 Å². The van der Waals surface area contributed by atoms with Crippen molar-refractivity contribution in [2.75, 3.05) is 19.5 Å². The lowest BCUT2D eigenvalue weighted by molar-refractivity contribution is 0.0449. The number of thiophene rings is 1. The van der Waals surface area contributed by atoms with Crippen LogP contribution in [-0.4, -0.2) is 25.7 Å². The Balaban J connectivity index is 2.26. The van der Waals surface area contributed by atoms with E-state index >= 15 is 0 Å². The highest BCUT2D eigenvalue weighted by Crippen LogP contribution is 2.32. The minimum atomic E-state index is -0.638. The van der Waals surface area contributed by atoms with Crippen LogP contribution in [0.2, 0.25) is 0 Å². The van der Waals surface area contributed by atoms with Crippen molar-refractivity contribution in [3.8, 4) is 11.8 Å². The summed E-state index contributed by atoms with van der Waals surface area (Å²) in [7, 11) is 1.44. The number of methoxy groups -OCH3 is 1. The molecule has 0 fully saturated rings. The van der Waals surface area contributed by atoms with Gasteiger partial charge in [-0.1, -0.05) is 12.1 Å². The van der Waals surface area contributed by atoms with Gasteiger partial charge in [-0.25, -0.2) is 9.59 Å². The molecule has 0 spiro atoms. The number of nitriles is 1. The van der Waals surface area contributed by atoms with Crippen molar-refractivity contribution in [1.82, 2.24) is 0 Å². The Bertz CT molecular complexity index is 838. The second-order valence-electron chi connectivity index (χ2n) is 4.76. The molecule has 0 aliphatic rings. The molecule has 0 atom stereocenters. The van der Waals surface area contributed by atoms with Gasteiger partial charge in [0.25, 0.3) is 0 Å². The summed E-state index contributed by atoms with van der Waals surface area (Å²) in [5.74, 6) is -0.881. The SMILES string of the molecule is CCOC(=O)c1sc(N)c(C#N)c1COC(=O)c1ccccc1OC. The normalized spacial score (nSPS) is 9.96. The highest BCUT2D eigenvalue weighted by Gasteiger charge is 2.24. The smallest absolute Gasteiger partial charge is 0.348 e. The number of nitrogens with two attached hydrogens (primary N) is 1. The molecule has 8 heteroatoms. The third kappa shape index (κ3) is 3.89. The molecular weight excluding hydrogens is 344 g/mol. The van der Waals surface area contributed by atoms with E-state index in [2.05, 4.69) is 0 Å². The highest BCUT2D eigenvalue weighted by atomic mass is 32.1. The van der Waals surface area contributed by atoms with Crippen LogP contribution in [0.3, 0.4) is 0 Å². The molecule has 2 N–H and O–H groups in total. The first-order valence-electron chi connectivity index (χ1n) is 7.31. The third-order valence-electron chi connectivity index (χ3n) is 3.28.